The van der Waals surface area contributed by atoms with E-state index in [4.69, 9.17) is 0 Å². The van der Waals surface area contributed by atoms with E-state index in [1.807, 2.05) is 0 Å². The maximum absolute atomic E-state index is 12.8. The standard InChI is InChI=1S/C19H33N3O.2ClH/c23-19(14-15-12-16-5-6-17(13-15)20-16)22-10-3-4-18(7-11-22)21-8-1-2-9-21;;/h15-18,20H,1-14H2;2*1H. The Morgan fingerprint density at radius 2 is 1.52 bits per heavy atom. The molecule has 4 rings (SSSR count). The van der Waals surface area contributed by atoms with Gasteiger partial charge in [0.05, 0.1) is 0 Å². The fourth-order valence-corrected chi connectivity index (χ4v) is 5.52. The molecule has 25 heavy (non-hydrogen) atoms. The van der Waals surface area contributed by atoms with Crippen LogP contribution in [0.2, 0.25) is 0 Å². The first-order chi connectivity index (χ1) is 11.3. The predicted molar refractivity (Wildman–Crippen MR) is 107 cm³/mol. The number of likely N-dealkylation sites (tertiary alicyclic amines) is 2. The van der Waals surface area contributed by atoms with Crippen LogP contribution in [0, 0.1) is 5.92 Å². The van der Waals surface area contributed by atoms with Crippen LogP contribution in [0.5, 0.6) is 0 Å². The van der Waals surface area contributed by atoms with E-state index < -0.39 is 0 Å². The van der Waals surface area contributed by atoms with Crippen molar-refractivity contribution in [3.63, 3.8) is 0 Å². The largest absolute Gasteiger partial charge is 0.343 e. The number of carbonyl (C=O) groups excluding carboxylic acids is 1. The van der Waals surface area contributed by atoms with Gasteiger partial charge in [-0.05, 0) is 76.8 Å². The molecule has 2 bridgehead atoms. The van der Waals surface area contributed by atoms with Crippen LogP contribution in [-0.4, -0.2) is 60.0 Å². The number of carbonyl (C=O) groups is 1. The third kappa shape index (κ3) is 5.24. The van der Waals surface area contributed by atoms with Crippen molar-refractivity contribution >= 4 is 30.7 Å². The molecule has 3 unspecified atom stereocenters. The van der Waals surface area contributed by atoms with Gasteiger partial charge in [-0.15, -0.1) is 24.8 Å². The third-order valence-electron chi connectivity index (χ3n) is 6.74. The van der Waals surface area contributed by atoms with Crippen molar-refractivity contribution < 1.29 is 4.79 Å². The quantitative estimate of drug-likeness (QED) is 0.801. The molecule has 4 fully saturated rings. The Bertz CT molecular complexity index is 419. The molecule has 0 aromatic carbocycles. The van der Waals surface area contributed by atoms with Crippen LogP contribution in [0.4, 0.5) is 0 Å². The maximum atomic E-state index is 12.8. The first kappa shape index (κ1) is 21.3. The summed E-state index contributed by atoms with van der Waals surface area (Å²) in [5, 5.41) is 3.69. The van der Waals surface area contributed by atoms with Crippen molar-refractivity contribution in [1.82, 2.24) is 15.1 Å². The number of hydrogen-bond donors (Lipinski definition) is 1. The summed E-state index contributed by atoms with van der Waals surface area (Å²) in [4.78, 5) is 17.6. The SMILES string of the molecule is Cl.Cl.O=C(CC1CC2CCC(C1)N2)N1CCCC(N2CCCC2)CC1. The molecule has 4 aliphatic rings. The normalized spacial score (nSPS) is 35.6. The second-order valence-corrected chi connectivity index (χ2v) is 8.39. The molecule has 146 valence electrons. The summed E-state index contributed by atoms with van der Waals surface area (Å²) in [6.45, 7) is 4.58. The first-order valence-electron chi connectivity index (χ1n) is 10.1. The highest BCUT2D eigenvalue weighted by atomic mass is 35.5. The monoisotopic (exact) mass is 391 g/mol. The van der Waals surface area contributed by atoms with E-state index in [2.05, 4.69) is 15.1 Å². The van der Waals surface area contributed by atoms with Crippen LogP contribution >= 0.6 is 24.8 Å². The van der Waals surface area contributed by atoms with Crippen molar-refractivity contribution in [3.8, 4) is 0 Å². The zero-order valence-corrected chi connectivity index (χ0v) is 17.0. The molecule has 6 heteroatoms. The molecule has 0 radical (unpaired) electrons. The van der Waals surface area contributed by atoms with Gasteiger partial charge < -0.3 is 15.1 Å². The number of fused-ring (bicyclic) bond motifs is 2. The minimum Gasteiger partial charge on any atom is -0.343 e. The number of rotatable bonds is 3. The number of nitrogens with zero attached hydrogens (tertiary/aromatic N) is 2. The average Bonchev–Trinajstić information content (AvgIpc) is 3.11. The van der Waals surface area contributed by atoms with Crippen molar-refractivity contribution in [2.24, 2.45) is 5.92 Å². The van der Waals surface area contributed by atoms with Crippen molar-refractivity contribution in [2.45, 2.75) is 82.3 Å². The zero-order chi connectivity index (χ0) is 15.6. The first-order valence-corrected chi connectivity index (χ1v) is 10.1. The van der Waals surface area contributed by atoms with Gasteiger partial charge in [0.25, 0.3) is 0 Å². The van der Waals surface area contributed by atoms with Gasteiger partial charge in [0, 0.05) is 37.6 Å². The van der Waals surface area contributed by atoms with E-state index in [1.54, 1.807) is 0 Å². The molecule has 0 aromatic rings. The van der Waals surface area contributed by atoms with Gasteiger partial charge in [0.15, 0.2) is 0 Å². The van der Waals surface area contributed by atoms with E-state index >= 15 is 0 Å². The van der Waals surface area contributed by atoms with Gasteiger partial charge in [0.2, 0.25) is 5.91 Å². The number of piperidine rings is 1. The van der Waals surface area contributed by atoms with Gasteiger partial charge in [-0.1, -0.05) is 0 Å². The van der Waals surface area contributed by atoms with E-state index in [0.717, 1.165) is 25.6 Å². The fourth-order valence-electron chi connectivity index (χ4n) is 5.52. The second kappa shape index (κ2) is 9.77. The molecule has 0 aromatic heterocycles. The van der Waals surface area contributed by atoms with Crippen LogP contribution in [0.3, 0.4) is 0 Å². The molecular weight excluding hydrogens is 357 g/mol. The number of nitrogens with one attached hydrogen (secondary N) is 1. The Balaban J connectivity index is 0.00000113. The van der Waals surface area contributed by atoms with E-state index in [0.29, 0.717) is 23.9 Å². The van der Waals surface area contributed by atoms with Gasteiger partial charge in [-0.3, -0.25) is 4.79 Å². The van der Waals surface area contributed by atoms with Gasteiger partial charge in [-0.25, -0.2) is 0 Å². The summed E-state index contributed by atoms with van der Waals surface area (Å²) in [7, 11) is 0. The molecule has 3 atom stereocenters. The molecule has 1 amide bonds. The molecule has 0 aliphatic carbocycles. The fraction of sp³-hybridized carbons (Fsp3) is 0.947. The number of amides is 1. The molecule has 4 heterocycles. The molecule has 0 spiro atoms. The third-order valence-corrected chi connectivity index (χ3v) is 6.74. The Morgan fingerprint density at radius 3 is 2.20 bits per heavy atom. The van der Waals surface area contributed by atoms with Crippen LogP contribution in [0.1, 0.15) is 64.2 Å². The predicted octanol–water partition coefficient (Wildman–Crippen LogP) is 3.23. The number of hydrogen-bond acceptors (Lipinski definition) is 3. The van der Waals surface area contributed by atoms with Crippen LogP contribution in [0.15, 0.2) is 0 Å². The Hall–Kier alpha value is -0.0300. The smallest absolute Gasteiger partial charge is 0.222 e. The summed E-state index contributed by atoms with van der Waals surface area (Å²) in [6, 6.07) is 2.15. The lowest BCUT2D eigenvalue weighted by atomic mass is 9.89. The molecule has 4 nitrogen and oxygen atoms in total. The molecular formula is C19H35Cl2N3O. The summed E-state index contributed by atoms with van der Waals surface area (Å²) in [6.07, 6.45) is 12.4. The average molecular weight is 392 g/mol. The highest BCUT2D eigenvalue weighted by Crippen LogP contribution is 2.33. The topological polar surface area (TPSA) is 35.6 Å². The highest BCUT2D eigenvalue weighted by Gasteiger charge is 2.35. The van der Waals surface area contributed by atoms with Gasteiger partial charge in [0.1, 0.15) is 0 Å². The van der Waals surface area contributed by atoms with Gasteiger partial charge in [-0.2, -0.15) is 0 Å². The Kier molecular flexibility index (Phi) is 8.32. The Morgan fingerprint density at radius 1 is 0.840 bits per heavy atom. The van der Waals surface area contributed by atoms with E-state index in [-0.39, 0.29) is 24.8 Å². The highest BCUT2D eigenvalue weighted by molar-refractivity contribution is 5.85. The summed E-state index contributed by atoms with van der Waals surface area (Å²) in [5.74, 6) is 1.08. The summed E-state index contributed by atoms with van der Waals surface area (Å²) >= 11 is 0. The molecule has 4 aliphatic heterocycles. The van der Waals surface area contributed by atoms with E-state index in [1.165, 1.54) is 70.9 Å². The second-order valence-electron chi connectivity index (χ2n) is 8.39. The molecule has 1 N–H and O–H groups in total. The lowest BCUT2D eigenvalue weighted by Crippen LogP contribution is -2.41. The van der Waals surface area contributed by atoms with Crippen molar-refractivity contribution in [1.29, 1.82) is 0 Å². The lowest BCUT2D eigenvalue weighted by molar-refractivity contribution is -0.132. The summed E-state index contributed by atoms with van der Waals surface area (Å²) in [5.41, 5.74) is 0. The zero-order valence-electron chi connectivity index (χ0n) is 15.3. The van der Waals surface area contributed by atoms with Crippen molar-refractivity contribution in [2.75, 3.05) is 26.2 Å². The minimum absolute atomic E-state index is 0. The van der Waals surface area contributed by atoms with Crippen LogP contribution in [-0.2, 0) is 4.79 Å². The minimum atomic E-state index is 0. The summed E-state index contributed by atoms with van der Waals surface area (Å²) < 4.78 is 0. The molecule has 0 saturated carbocycles. The van der Waals surface area contributed by atoms with Crippen LogP contribution in [0.25, 0.3) is 0 Å². The number of halogens is 2. The van der Waals surface area contributed by atoms with Crippen molar-refractivity contribution in [3.05, 3.63) is 0 Å². The van der Waals surface area contributed by atoms with Crippen LogP contribution < -0.4 is 5.32 Å². The van der Waals surface area contributed by atoms with Gasteiger partial charge >= 0.3 is 0 Å². The Labute approximate surface area is 165 Å². The lowest BCUT2D eigenvalue weighted by Gasteiger charge is -2.31. The van der Waals surface area contributed by atoms with E-state index in [9.17, 15) is 4.79 Å². The maximum Gasteiger partial charge on any atom is 0.222 e. The molecule has 4 saturated heterocycles.